The summed E-state index contributed by atoms with van der Waals surface area (Å²) in [5.74, 6) is -1.16. The van der Waals surface area contributed by atoms with E-state index in [2.05, 4.69) is 20.4 Å². The number of anilines is 2. The van der Waals surface area contributed by atoms with E-state index in [0.29, 0.717) is 31.1 Å². The molecule has 35 heavy (non-hydrogen) atoms. The van der Waals surface area contributed by atoms with Gasteiger partial charge in [-0.15, -0.1) is 10.2 Å². The van der Waals surface area contributed by atoms with Crippen LogP contribution in [0.1, 0.15) is 6.92 Å². The Hall–Kier alpha value is -4.14. The van der Waals surface area contributed by atoms with E-state index >= 15 is 0 Å². The first kappa shape index (κ1) is 22.6. The molecular weight excluding hydrogens is 455 g/mol. The zero-order valence-corrected chi connectivity index (χ0v) is 18.9. The van der Waals surface area contributed by atoms with Crippen LogP contribution >= 0.6 is 0 Å². The number of halogens is 3. The van der Waals surface area contributed by atoms with Crippen LogP contribution < -0.4 is 10.2 Å². The molecule has 178 valence electrons. The first-order valence-corrected chi connectivity index (χ1v) is 11.2. The predicted molar refractivity (Wildman–Crippen MR) is 129 cm³/mol. The Morgan fingerprint density at radius 1 is 0.914 bits per heavy atom. The number of hydrogen-bond acceptors (Lipinski definition) is 4. The van der Waals surface area contributed by atoms with Gasteiger partial charge in [-0.2, -0.15) is 0 Å². The second-order valence-corrected chi connectivity index (χ2v) is 8.47. The van der Waals surface area contributed by atoms with Crippen LogP contribution in [0.25, 0.3) is 22.0 Å². The molecule has 0 saturated carbocycles. The average Bonchev–Trinajstić information content (AvgIpc) is 2.85. The fraction of sp³-hybridized carbons (Fsp3) is 0.192. The van der Waals surface area contributed by atoms with Gasteiger partial charge in [0.05, 0.1) is 5.69 Å². The molecule has 5 rings (SSSR count). The second kappa shape index (κ2) is 9.25. The normalized spacial score (nSPS) is 15.9. The Morgan fingerprint density at radius 2 is 1.63 bits per heavy atom. The number of carbonyl (C=O) groups excluding carboxylic acids is 1. The highest BCUT2D eigenvalue weighted by Gasteiger charge is 2.30. The molecule has 1 saturated heterocycles. The zero-order chi connectivity index (χ0) is 24.5. The summed E-state index contributed by atoms with van der Waals surface area (Å²) < 4.78 is 40.5. The van der Waals surface area contributed by atoms with Crippen molar-refractivity contribution >= 4 is 28.3 Å². The van der Waals surface area contributed by atoms with Crippen molar-refractivity contribution < 1.29 is 18.0 Å². The molecule has 1 aromatic heterocycles. The first-order valence-electron chi connectivity index (χ1n) is 11.2. The first-order chi connectivity index (χ1) is 16.9. The predicted octanol–water partition coefficient (Wildman–Crippen LogP) is 5.46. The molecule has 1 aliphatic heterocycles. The zero-order valence-electron chi connectivity index (χ0n) is 18.9. The van der Waals surface area contributed by atoms with Crippen molar-refractivity contribution in [3.8, 4) is 11.3 Å². The maximum Gasteiger partial charge on any atom is 0.322 e. The van der Waals surface area contributed by atoms with Crippen molar-refractivity contribution in [2.24, 2.45) is 0 Å². The van der Waals surface area contributed by atoms with Gasteiger partial charge in [-0.05, 0) is 43.3 Å². The monoisotopic (exact) mass is 477 g/mol. The van der Waals surface area contributed by atoms with Gasteiger partial charge in [0.15, 0.2) is 5.82 Å². The van der Waals surface area contributed by atoms with Gasteiger partial charge >= 0.3 is 6.03 Å². The maximum atomic E-state index is 14.0. The molecule has 2 heterocycles. The highest BCUT2D eigenvalue weighted by Crippen LogP contribution is 2.32. The Morgan fingerprint density at radius 3 is 2.34 bits per heavy atom. The fourth-order valence-corrected chi connectivity index (χ4v) is 4.37. The Bertz CT molecular complexity index is 1400. The number of fused-ring (bicyclic) bond motifs is 1. The SMILES string of the molecule is C[C@@H]1CN(c2nnc(-c3ccc(F)cc3)c3ccccc23)CCN1C(=O)Nc1ccc(F)cc1F. The summed E-state index contributed by atoms with van der Waals surface area (Å²) in [6.07, 6.45) is 0. The lowest BCUT2D eigenvalue weighted by molar-refractivity contribution is 0.184. The molecule has 0 aliphatic carbocycles. The Kier molecular flexibility index (Phi) is 5.98. The van der Waals surface area contributed by atoms with Gasteiger partial charge in [-0.1, -0.05) is 24.3 Å². The molecule has 1 fully saturated rings. The molecule has 1 atom stereocenters. The fourth-order valence-electron chi connectivity index (χ4n) is 4.37. The number of aromatic nitrogens is 2. The minimum absolute atomic E-state index is 0.0701. The molecule has 0 spiro atoms. The van der Waals surface area contributed by atoms with E-state index in [1.54, 1.807) is 17.0 Å². The molecule has 9 heteroatoms. The van der Waals surface area contributed by atoms with E-state index in [9.17, 15) is 18.0 Å². The van der Waals surface area contributed by atoms with Crippen LogP contribution in [-0.2, 0) is 0 Å². The molecule has 0 unspecified atom stereocenters. The number of piperazine rings is 1. The standard InChI is InChI=1S/C26H22F3N5O/c1-16-15-33(12-13-34(16)26(35)30-23-11-10-19(28)14-22(23)29)25-21-5-3-2-4-20(21)24(31-32-25)17-6-8-18(27)9-7-17/h2-11,14,16H,12-13,15H2,1H3,(H,30,35)/t16-/m1/s1. The van der Waals surface area contributed by atoms with E-state index in [1.165, 1.54) is 18.2 Å². The van der Waals surface area contributed by atoms with Crippen LogP contribution in [0.5, 0.6) is 0 Å². The third-order valence-corrected chi connectivity index (χ3v) is 6.15. The van der Waals surface area contributed by atoms with E-state index in [1.807, 2.05) is 31.2 Å². The van der Waals surface area contributed by atoms with Crippen LogP contribution in [0.15, 0.2) is 66.7 Å². The average molecular weight is 477 g/mol. The van der Waals surface area contributed by atoms with Crippen LogP contribution in [0.2, 0.25) is 0 Å². The van der Waals surface area contributed by atoms with Crippen LogP contribution in [-0.4, -0.2) is 46.8 Å². The van der Waals surface area contributed by atoms with Crippen molar-refractivity contribution in [3.05, 3.63) is 84.2 Å². The number of hydrogen-bond donors (Lipinski definition) is 1. The van der Waals surface area contributed by atoms with Crippen molar-refractivity contribution in [2.75, 3.05) is 29.9 Å². The third-order valence-electron chi connectivity index (χ3n) is 6.15. The topological polar surface area (TPSA) is 61.4 Å². The molecule has 1 N–H and O–H groups in total. The number of nitrogens with zero attached hydrogens (tertiary/aromatic N) is 4. The quantitative estimate of drug-likeness (QED) is 0.426. The molecular formula is C26H22F3N5O. The summed E-state index contributed by atoms with van der Waals surface area (Å²) in [6.45, 7) is 3.27. The summed E-state index contributed by atoms with van der Waals surface area (Å²) in [7, 11) is 0. The van der Waals surface area contributed by atoms with Gasteiger partial charge in [0, 0.05) is 48.1 Å². The lowest BCUT2D eigenvalue weighted by Crippen LogP contribution is -2.55. The molecule has 0 radical (unpaired) electrons. The second-order valence-electron chi connectivity index (χ2n) is 8.47. The Balaban J connectivity index is 1.37. The van der Waals surface area contributed by atoms with E-state index < -0.39 is 17.7 Å². The molecule has 0 bridgehead atoms. The molecule has 1 aliphatic rings. The van der Waals surface area contributed by atoms with Crippen molar-refractivity contribution in [3.63, 3.8) is 0 Å². The van der Waals surface area contributed by atoms with Gasteiger partial charge in [-0.3, -0.25) is 0 Å². The molecule has 3 aromatic carbocycles. The summed E-state index contributed by atoms with van der Waals surface area (Å²) >= 11 is 0. The summed E-state index contributed by atoms with van der Waals surface area (Å²) in [5, 5.41) is 13.3. The number of rotatable bonds is 3. The minimum atomic E-state index is -0.826. The van der Waals surface area contributed by atoms with Gasteiger partial charge in [-0.25, -0.2) is 18.0 Å². The summed E-state index contributed by atoms with van der Waals surface area (Å²) in [4.78, 5) is 16.5. The van der Waals surface area contributed by atoms with Crippen LogP contribution in [0.3, 0.4) is 0 Å². The maximum absolute atomic E-state index is 14.0. The third kappa shape index (κ3) is 4.49. The van der Waals surface area contributed by atoms with Crippen LogP contribution in [0, 0.1) is 17.5 Å². The van der Waals surface area contributed by atoms with Gasteiger partial charge in [0.2, 0.25) is 0 Å². The molecule has 6 nitrogen and oxygen atoms in total. The Labute approximate surface area is 200 Å². The largest absolute Gasteiger partial charge is 0.351 e. The van der Waals surface area contributed by atoms with Gasteiger partial charge in [0.25, 0.3) is 0 Å². The van der Waals surface area contributed by atoms with Crippen molar-refractivity contribution in [1.82, 2.24) is 15.1 Å². The van der Waals surface area contributed by atoms with Gasteiger partial charge in [0.1, 0.15) is 23.1 Å². The van der Waals surface area contributed by atoms with E-state index in [0.717, 1.165) is 28.5 Å². The van der Waals surface area contributed by atoms with E-state index in [-0.39, 0.29) is 17.5 Å². The summed E-state index contributed by atoms with van der Waals surface area (Å²) in [5.41, 5.74) is 1.36. The van der Waals surface area contributed by atoms with E-state index in [4.69, 9.17) is 0 Å². The smallest absolute Gasteiger partial charge is 0.322 e. The number of amides is 2. The number of carbonyl (C=O) groups is 1. The van der Waals surface area contributed by atoms with Gasteiger partial charge < -0.3 is 15.1 Å². The molecule has 2 amide bonds. The number of urea groups is 1. The molecule has 4 aromatic rings. The number of benzene rings is 3. The number of nitrogens with one attached hydrogen (secondary N) is 1. The lowest BCUT2D eigenvalue weighted by Gasteiger charge is -2.40. The van der Waals surface area contributed by atoms with Crippen molar-refractivity contribution in [2.45, 2.75) is 13.0 Å². The lowest BCUT2D eigenvalue weighted by atomic mass is 10.0. The minimum Gasteiger partial charge on any atom is -0.351 e. The van der Waals surface area contributed by atoms with Crippen molar-refractivity contribution in [1.29, 1.82) is 0 Å². The van der Waals surface area contributed by atoms with Crippen LogP contribution in [0.4, 0.5) is 29.5 Å². The highest BCUT2D eigenvalue weighted by atomic mass is 19.1. The highest BCUT2D eigenvalue weighted by molar-refractivity contribution is 6.00. The summed E-state index contributed by atoms with van der Waals surface area (Å²) in [6, 6.07) is 16.3.